The minimum atomic E-state index is -1.53. The van der Waals surface area contributed by atoms with Crippen molar-refractivity contribution in [2.24, 2.45) is 5.14 Å². The van der Waals surface area contributed by atoms with Crippen LogP contribution in [0, 0.1) is 0 Å². The Bertz CT molecular complexity index is 352. The Kier molecular flexibility index (Phi) is 2.66. The molecule has 5 nitrogen and oxygen atoms in total. The van der Waals surface area contributed by atoms with Gasteiger partial charge < -0.3 is 5.11 Å². The van der Waals surface area contributed by atoms with Crippen LogP contribution in [0.25, 0.3) is 0 Å². The van der Waals surface area contributed by atoms with Crippen LogP contribution in [-0.4, -0.2) is 25.2 Å². The highest BCUT2D eigenvalue weighted by atomic mass is 32.2. The van der Waals surface area contributed by atoms with E-state index < -0.39 is 11.0 Å². The summed E-state index contributed by atoms with van der Waals surface area (Å²) in [4.78, 5) is 0. The van der Waals surface area contributed by atoms with Crippen molar-refractivity contribution in [1.82, 2.24) is 9.78 Å². The number of aliphatic hydroxyl groups excluding tert-OH is 1. The Hall–Kier alpha value is -0.720. The van der Waals surface area contributed by atoms with Crippen molar-refractivity contribution in [3.05, 3.63) is 12.3 Å². The van der Waals surface area contributed by atoms with Crippen LogP contribution in [0.2, 0.25) is 0 Å². The first kappa shape index (κ1) is 9.82. The number of hydrogen-bond donors (Lipinski definition) is 2. The molecule has 0 bridgehead atoms. The predicted octanol–water partition coefficient (Wildman–Crippen LogP) is -0.0497. The van der Waals surface area contributed by atoms with Crippen molar-refractivity contribution >= 4 is 11.0 Å². The Morgan fingerprint density at radius 3 is 2.93 bits per heavy atom. The van der Waals surface area contributed by atoms with Gasteiger partial charge in [0.1, 0.15) is 11.0 Å². The average molecular weight is 215 g/mol. The number of nitrogens with two attached hydrogens (primary N) is 1. The minimum absolute atomic E-state index is 0.0206. The SMILES string of the molecule is NS(=O)c1ccn(C2CCCC2O)n1. The van der Waals surface area contributed by atoms with Gasteiger partial charge in [0, 0.05) is 6.20 Å². The fourth-order valence-electron chi connectivity index (χ4n) is 1.84. The number of hydrogen-bond acceptors (Lipinski definition) is 3. The highest BCUT2D eigenvalue weighted by Gasteiger charge is 2.27. The summed E-state index contributed by atoms with van der Waals surface area (Å²) in [5.74, 6) is 0. The van der Waals surface area contributed by atoms with Crippen LogP contribution in [-0.2, 0) is 11.0 Å². The molecule has 0 spiro atoms. The van der Waals surface area contributed by atoms with Crippen molar-refractivity contribution in [3.63, 3.8) is 0 Å². The number of aliphatic hydroxyl groups is 1. The lowest BCUT2D eigenvalue weighted by molar-refractivity contribution is 0.129. The normalized spacial score (nSPS) is 29.3. The van der Waals surface area contributed by atoms with E-state index in [-0.39, 0.29) is 12.1 Å². The quantitative estimate of drug-likeness (QED) is 0.725. The fraction of sp³-hybridized carbons (Fsp3) is 0.625. The lowest BCUT2D eigenvalue weighted by atomic mass is 10.2. The summed E-state index contributed by atoms with van der Waals surface area (Å²) in [6.07, 6.45) is 4.12. The molecule has 14 heavy (non-hydrogen) atoms. The molecular weight excluding hydrogens is 202 g/mol. The van der Waals surface area contributed by atoms with Crippen molar-refractivity contribution in [2.45, 2.75) is 36.4 Å². The van der Waals surface area contributed by atoms with Gasteiger partial charge in [-0.1, -0.05) is 0 Å². The zero-order valence-electron chi connectivity index (χ0n) is 7.67. The molecule has 3 N–H and O–H groups in total. The zero-order chi connectivity index (χ0) is 10.1. The first-order valence-electron chi connectivity index (χ1n) is 4.58. The topological polar surface area (TPSA) is 81.1 Å². The summed E-state index contributed by atoms with van der Waals surface area (Å²) in [6, 6.07) is 1.65. The van der Waals surface area contributed by atoms with Crippen molar-refractivity contribution in [3.8, 4) is 0 Å². The van der Waals surface area contributed by atoms with E-state index in [9.17, 15) is 9.32 Å². The van der Waals surface area contributed by atoms with E-state index in [2.05, 4.69) is 5.10 Å². The summed E-state index contributed by atoms with van der Waals surface area (Å²) in [5.41, 5.74) is 0. The van der Waals surface area contributed by atoms with Crippen LogP contribution in [0.5, 0.6) is 0 Å². The second-order valence-electron chi connectivity index (χ2n) is 3.50. The Morgan fingerprint density at radius 1 is 1.64 bits per heavy atom. The standard InChI is InChI=1S/C8H13N3O2S/c9-14(13)8-4-5-11(10-8)6-2-1-3-7(6)12/h4-7,12H,1-3,9H2. The molecule has 1 aliphatic carbocycles. The molecule has 1 aromatic heterocycles. The molecule has 0 amide bonds. The van der Waals surface area contributed by atoms with Gasteiger partial charge in [-0.15, -0.1) is 0 Å². The summed E-state index contributed by atoms with van der Waals surface area (Å²) in [6.45, 7) is 0. The lowest BCUT2D eigenvalue weighted by Gasteiger charge is -2.14. The van der Waals surface area contributed by atoms with Gasteiger partial charge in [-0.25, -0.2) is 9.35 Å². The zero-order valence-corrected chi connectivity index (χ0v) is 8.48. The third-order valence-corrected chi connectivity index (χ3v) is 3.20. The van der Waals surface area contributed by atoms with Gasteiger partial charge in [0.15, 0.2) is 5.03 Å². The van der Waals surface area contributed by atoms with Crippen LogP contribution in [0.3, 0.4) is 0 Å². The van der Waals surface area contributed by atoms with E-state index in [1.807, 2.05) is 0 Å². The van der Waals surface area contributed by atoms with Crippen LogP contribution in [0.15, 0.2) is 17.3 Å². The molecule has 0 saturated heterocycles. The third-order valence-electron chi connectivity index (χ3n) is 2.57. The van der Waals surface area contributed by atoms with Gasteiger partial charge >= 0.3 is 0 Å². The Morgan fingerprint density at radius 2 is 2.43 bits per heavy atom. The molecule has 0 radical (unpaired) electrons. The van der Waals surface area contributed by atoms with Gasteiger partial charge in [0.2, 0.25) is 0 Å². The maximum Gasteiger partial charge on any atom is 0.164 e. The van der Waals surface area contributed by atoms with Crippen molar-refractivity contribution in [1.29, 1.82) is 0 Å². The number of nitrogens with zero attached hydrogens (tertiary/aromatic N) is 2. The molecule has 2 rings (SSSR count). The molecule has 1 saturated carbocycles. The monoisotopic (exact) mass is 215 g/mol. The second kappa shape index (κ2) is 3.80. The van der Waals surface area contributed by atoms with Crippen LogP contribution < -0.4 is 5.14 Å². The predicted molar refractivity (Wildman–Crippen MR) is 51.7 cm³/mol. The maximum atomic E-state index is 10.9. The Balaban J connectivity index is 2.20. The van der Waals surface area contributed by atoms with Crippen molar-refractivity contribution < 1.29 is 9.32 Å². The second-order valence-corrected chi connectivity index (χ2v) is 4.51. The highest BCUT2D eigenvalue weighted by Crippen LogP contribution is 2.29. The molecule has 1 aliphatic rings. The van der Waals surface area contributed by atoms with E-state index in [1.165, 1.54) is 0 Å². The van der Waals surface area contributed by atoms with E-state index in [0.717, 1.165) is 19.3 Å². The van der Waals surface area contributed by atoms with Crippen molar-refractivity contribution in [2.75, 3.05) is 0 Å². The Labute approximate surface area is 84.5 Å². The van der Waals surface area contributed by atoms with E-state index >= 15 is 0 Å². The molecule has 6 heteroatoms. The molecule has 1 heterocycles. The molecule has 0 aromatic carbocycles. The molecule has 1 aromatic rings. The van der Waals surface area contributed by atoms with E-state index in [0.29, 0.717) is 5.03 Å². The summed E-state index contributed by atoms with van der Waals surface area (Å²) < 4.78 is 12.6. The summed E-state index contributed by atoms with van der Waals surface area (Å²) in [5, 5.41) is 19.3. The largest absolute Gasteiger partial charge is 0.391 e. The summed E-state index contributed by atoms with van der Waals surface area (Å²) >= 11 is 0. The van der Waals surface area contributed by atoms with Gasteiger partial charge in [-0.05, 0) is 25.3 Å². The molecule has 1 fully saturated rings. The van der Waals surface area contributed by atoms with Crippen LogP contribution >= 0.6 is 0 Å². The average Bonchev–Trinajstić information content (AvgIpc) is 2.71. The molecule has 78 valence electrons. The third kappa shape index (κ3) is 1.73. The molecule has 3 unspecified atom stereocenters. The first-order chi connectivity index (χ1) is 6.68. The van der Waals surface area contributed by atoms with Gasteiger partial charge in [-0.3, -0.25) is 4.68 Å². The van der Waals surface area contributed by atoms with Gasteiger partial charge in [-0.2, -0.15) is 5.10 Å². The smallest absolute Gasteiger partial charge is 0.164 e. The number of aromatic nitrogens is 2. The minimum Gasteiger partial charge on any atom is -0.391 e. The van der Waals surface area contributed by atoms with Gasteiger partial charge in [0.05, 0.1) is 12.1 Å². The van der Waals surface area contributed by atoms with Crippen LogP contribution in [0.1, 0.15) is 25.3 Å². The van der Waals surface area contributed by atoms with E-state index in [4.69, 9.17) is 5.14 Å². The summed E-state index contributed by atoms with van der Waals surface area (Å²) in [7, 11) is -1.53. The lowest BCUT2D eigenvalue weighted by Crippen LogP contribution is -2.19. The molecule has 0 aliphatic heterocycles. The van der Waals surface area contributed by atoms with Crippen LogP contribution in [0.4, 0.5) is 0 Å². The molecular formula is C8H13N3O2S. The maximum absolute atomic E-state index is 10.9. The van der Waals surface area contributed by atoms with Gasteiger partial charge in [0.25, 0.3) is 0 Å². The molecule has 3 atom stereocenters. The highest BCUT2D eigenvalue weighted by molar-refractivity contribution is 7.82. The fourth-order valence-corrected chi connectivity index (χ4v) is 2.21. The van der Waals surface area contributed by atoms with E-state index in [1.54, 1.807) is 16.9 Å². The first-order valence-corrected chi connectivity index (χ1v) is 5.79. The number of rotatable bonds is 2.